The predicted octanol–water partition coefficient (Wildman–Crippen LogP) is 4.91. The molecular formula is C17H17ClN4S. The molecular weight excluding hydrogens is 328 g/mol. The summed E-state index contributed by atoms with van der Waals surface area (Å²) in [6.07, 6.45) is 1.79. The minimum atomic E-state index is -0.122. The first-order valence-electron chi connectivity index (χ1n) is 7.40. The van der Waals surface area contributed by atoms with Crippen LogP contribution >= 0.6 is 23.1 Å². The van der Waals surface area contributed by atoms with Crippen LogP contribution in [0.4, 0.5) is 5.13 Å². The molecule has 0 aliphatic heterocycles. The lowest BCUT2D eigenvalue weighted by atomic mass is 10.0. The molecule has 0 amide bonds. The number of nitrogens with zero attached hydrogens (tertiary/aromatic N) is 3. The number of anilines is 1. The van der Waals surface area contributed by atoms with Crippen molar-refractivity contribution in [2.45, 2.75) is 25.8 Å². The molecule has 1 atom stereocenters. The molecule has 0 spiro atoms. The number of aromatic nitrogens is 3. The van der Waals surface area contributed by atoms with Crippen LogP contribution in [0.25, 0.3) is 0 Å². The molecule has 0 saturated carbocycles. The lowest BCUT2D eigenvalue weighted by molar-refractivity contribution is 0.796. The highest BCUT2D eigenvalue weighted by Gasteiger charge is 2.18. The Bertz CT molecular complexity index is 773. The second kappa shape index (κ2) is 7.06. The van der Waals surface area contributed by atoms with E-state index in [-0.39, 0.29) is 6.04 Å². The molecule has 0 aliphatic carbocycles. The zero-order valence-electron chi connectivity index (χ0n) is 12.9. The van der Waals surface area contributed by atoms with Crippen LogP contribution in [-0.4, -0.2) is 14.3 Å². The number of benzene rings is 1. The quantitative estimate of drug-likeness (QED) is 0.714. The normalized spacial score (nSPS) is 12.3. The molecule has 0 aliphatic rings. The van der Waals surface area contributed by atoms with Gasteiger partial charge in [0, 0.05) is 28.7 Å². The predicted molar refractivity (Wildman–Crippen MR) is 95.2 cm³/mol. The lowest BCUT2D eigenvalue weighted by Gasteiger charge is -2.18. The van der Waals surface area contributed by atoms with Gasteiger partial charge in [0.05, 0.1) is 11.7 Å². The summed E-state index contributed by atoms with van der Waals surface area (Å²) < 4.78 is 4.40. The van der Waals surface area contributed by atoms with E-state index < -0.39 is 0 Å². The van der Waals surface area contributed by atoms with Crippen LogP contribution < -0.4 is 5.32 Å². The smallest absolute Gasteiger partial charge is 0.203 e. The molecule has 0 saturated heterocycles. The first kappa shape index (κ1) is 15.9. The van der Waals surface area contributed by atoms with Crippen molar-refractivity contribution in [1.29, 1.82) is 0 Å². The van der Waals surface area contributed by atoms with E-state index in [1.807, 2.05) is 42.5 Å². The highest BCUT2D eigenvalue weighted by atomic mass is 35.5. The first-order chi connectivity index (χ1) is 11.1. The van der Waals surface area contributed by atoms with Gasteiger partial charge in [-0.2, -0.15) is 4.37 Å². The van der Waals surface area contributed by atoms with Gasteiger partial charge in [-0.25, -0.2) is 4.98 Å². The Morgan fingerprint density at radius 3 is 2.65 bits per heavy atom. The second-order valence-electron chi connectivity index (χ2n) is 5.50. The molecule has 23 heavy (non-hydrogen) atoms. The summed E-state index contributed by atoms with van der Waals surface area (Å²) in [5, 5.41) is 4.92. The standard InChI is InChI=1S/C17H17ClN4S/c1-11(2)16-21-17(23-22-16)20-15(14-8-3-4-9-19-14)12-6-5-7-13(18)10-12/h3-11,15H,1-2H3,(H,20,21,22). The molecule has 6 heteroatoms. The molecule has 4 nitrogen and oxygen atoms in total. The van der Waals surface area contributed by atoms with Gasteiger partial charge in [-0.1, -0.05) is 43.6 Å². The average molecular weight is 345 g/mol. The molecule has 0 radical (unpaired) electrons. The number of hydrogen-bond donors (Lipinski definition) is 1. The Morgan fingerprint density at radius 1 is 1.13 bits per heavy atom. The van der Waals surface area contributed by atoms with E-state index >= 15 is 0 Å². The van der Waals surface area contributed by atoms with E-state index in [4.69, 9.17) is 11.6 Å². The SMILES string of the molecule is CC(C)c1nsc(NC(c2cccc(Cl)c2)c2ccccn2)n1. The zero-order chi connectivity index (χ0) is 16.2. The summed E-state index contributed by atoms with van der Waals surface area (Å²) in [6.45, 7) is 4.16. The number of hydrogen-bond acceptors (Lipinski definition) is 5. The Balaban J connectivity index is 1.95. The summed E-state index contributed by atoms with van der Waals surface area (Å²) >= 11 is 7.52. The summed E-state index contributed by atoms with van der Waals surface area (Å²) in [5.41, 5.74) is 1.95. The summed E-state index contributed by atoms with van der Waals surface area (Å²) in [5.74, 6) is 1.16. The monoisotopic (exact) mass is 344 g/mol. The van der Waals surface area contributed by atoms with Gasteiger partial charge in [0.1, 0.15) is 5.82 Å². The molecule has 1 unspecified atom stereocenters. The number of nitrogens with one attached hydrogen (secondary N) is 1. The zero-order valence-corrected chi connectivity index (χ0v) is 14.5. The van der Waals surface area contributed by atoms with Crippen molar-refractivity contribution in [1.82, 2.24) is 14.3 Å². The average Bonchev–Trinajstić information content (AvgIpc) is 3.02. The van der Waals surface area contributed by atoms with E-state index in [1.54, 1.807) is 6.20 Å². The largest absolute Gasteiger partial charge is 0.348 e. The van der Waals surface area contributed by atoms with Crippen molar-refractivity contribution >= 4 is 28.3 Å². The Kier molecular flexibility index (Phi) is 4.88. The summed E-state index contributed by atoms with van der Waals surface area (Å²) in [7, 11) is 0. The topological polar surface area (TPSA) is 50.7 Å². The third kappa shape index (κ3) is 3.86. The molecule has 2 heterocycles. The van der Waals surface area contributed by atoms with E-state index in [0.29, 0.717) is 10.9 Å². The fraction of sp³-hybridized carbons (Fsp3) is 0.235. The third-order valence-corrected chi connectivity index (χ3v) is 4.29. The highest BCUT2D eigenvalue weighted by Crippen LogP contribution is 2.28. The van der Waals surface area contributed by atoms with Crippen LogP contribution in [-0.2, 0) is 0 Å². The first-order valence-corrected chi connectivity index (χ1v) is 8.55. The van der Waals surface area contributed by atoms with Crippen molar-refractivity contribution in [2.75, 3.05) is 5.32 Å². The van der Waals surface area contributed by atoms with E-state index in [0.717, 1.165) is 22.2 Å². The molecule has 0 fully saturated rings. The van der Waals surface area contributed by atoms with Gasteiger partial charge in [-0.05, 0) is 29.8 Å². The Labute approximate surface area is 144 Å². The molecule has 0 bridgehead atoms. The maximum Gasteiger partial charge on any atom is 0.203 e. The van der Waals surface area contributed by atoms with Crippen LogP contribution in [0.3, 0.4) is 0 Å². The molecule has 1 aromatic carbocycles. The van der Waals surface area contributed by atoms with Gasteiger partial charge in [0.15, 0.2) is 0 Å². The maximum absolute atomic E-state index is 6.15. The Morgan fingerprint density at radius 2 is 2.00 bits per heavy atom. The van der Waals surface area contributed by atoms with Crippen LogP contribution in [0.1, 0.15) is 42.9 Å². The second-order valence-corrected chi connectivity index (χ2v) is 6.69. The summed E-state index contributed by atoms with van der Waals surface area (Å²) in [4.78, 5) is 9.03. The minimum absolute atomic E-state index is 0.122. The number of pyridine rings is 1. The number of halogens is 1. The third-order valence-electron chi connectivity index (χ3n) is 3.39. The van der Waals surface area contributed by atoms with E-state index in [1.165, 1.54) is 11.5 Å². The maximum atomic E-state index is 6.15. The van der Waals surface area contributed by atoms with Crippen LogP contribution in [0.15, 0.2) is 48.7 Å². The molecule has 3 aromatic rings. The summed E-state index contributed by atoms with van der Waals surface area (Å²) in [6, 6.07) is 13.5. The van der Waals surface area contributed by atoms with Crippen LogP contribution in [0, 0.1) is 0 Å². The van der Waals surface area contributed by atoms with Crippen molar-refractivity contribution in [3.8, 4) is 0 Å². The van der Waals surface area contributed by atoms with Crippen molar-refractivity contribution in [3.63, 3.8) is 0 Å². The minimum Gasteiger partial charge on any atom is -0.348 e. The molecule has 1 N–H and O–H groups in total. The fourth-order valence-electron chi connectivity index (χ4n) is 2.21. The van der Waals surface area contributed by atoms with Crippen molar-refractivity contribution in [2.24, 2.45) is 0 Å². The van der Waals surface area contributed by atoms with Gasteiger partial charge < -0.3 is 5.32 Å². The number of rotatable bonds is 5. The molecule has 2 aromatic heterocycles. The van der Waals surface area contributed by atoms with E-state index in [9.17, 15) is 0 Å². The van der Waals surface area contributed by atoms with Gasteiger partial charge in [-0.3, -0.25) is 4.98 Å². The lowest BCUT2D eigenvalue weighted by Crippen LogP contribution is -2.13. The van der Waals surface area contributed by atoms with Crippen LogP contribution in [0.2, 0.25) is 5.02 Å². The van der Waals surface area contributed by atoms with Gasteiger partial charge in [0.2, 0.25) is 5.13 Å². The fourth-order valence-corrected chi connectivity index (χ4v) is 3.15. The van der Waals surface area contributed by atoms with Crippen molar-refractivity contribution < 1.29 is 0 Å². The molecule has 118 valence electrons. The van der Waals surface area contributed by atoms with Gasteiger partial charge >= 0.3 is 0 Å². The Hall–Kier alpha value is -1.98. The molecule has 3 rings (SSSR count). The highest BCUT2D eigenvalue weighted by molar-refractivity contribution is 7.09. The van der Waals surface area contributed by atoms with E-state index in [2.05, 4.69) is 33.5 Å². The van der Waals surface area contributed by atoms with Gasteiger partial charge in [0.25, 0.3) is 0 Å². The van der Waals surface area contributed by atoms with Gasteiger partial charge in [-0.15, -0.1) is 0 Å². The van der Waals surface area contributed by atoms with Crippen molar-refractivity contribution in [3.05, 3.63) is 70.8 Å². The van der Waals surface area contributed by atoms with Crippen LogP contribution in [0.5, 0.6) is 0 Å².